The van der Waals surface area contributed by atoms with Crippen LogP contribution in [0.2, 0.25) is 0 Å². The van der Waals surface area contributed by atoms with Crippen LogP contribution in [0.15, 0.2) is 5.16 Å². The van der Waals surface area contributed by atoms with Gasteiger partial charge in [0.25, 0.3) is 0 Å². The van der Waals surface area contributed by atoms with Gasteiger partial charge in [-0.15, -0.1) is 24.1 Å². The molecule has 24 heavy (non-hydrogen) atoms. The lowest BCUT2D eigenvalue weighted by Gasteiger charge is -2.36. The SMILES string of the molecule is C#CCC(C#N)(SCCC(F)(F)F)C1CCC(=NOC)CC1.O=O. The summed E-state index contributed by atoms with van der Waals surface area (Å²) >= 11 is 1.05. The van der Waals surface area contributed by atoms with Crippen molar-refractivity contribution in [1.29, 1.82) is 5.26 Å². The first kappa shape index (κ1) is 22.3. The summed E-state index contributed by atoms with van der Waals surface area (Å²) in [5, 5.41) is 13.5. The normalized spacial score (nSPS) is 19.8. The van der Waals surface area contributed by atoms with E-state index in [1.807, 2.05) is 0 Å². The quantitative estimate of drug-likeness (QED) is 0.521. The van der Waals surface area contributed by atoms with E-state index in [4.69, 9.17) is 21.2 Å². The van der Waals surface area contributed by atoms with E-state index in [0.29, 0.717) is 25.7 Å². The molecule has 0 bridgehead atoms. The average molecular weight is 364 g/mol. The van der Waals surface area contributed by atoms with Gasteiger partial charge in [-0.05, 0) is 31.6 Å². The second-order valence-corrected chi connectivity index (χ2v) is 6.64. The molecule has 1 saturated carbocycles. The third-order valence-corrected chi connectivity index (χ3v) is 5.23. The first-order valence-electron chi connectivity index (χ1n) is 7.18. The predicted molar refractivity (Wildman–Crippen MR) is 88.1 cm³/mol. The summed E-state index contributed by atoms with van der Waals surface area (Å²) in [6, 6.07) is 2.20. The minimum atomic E-state index is -4.21. The minimum absolute atomic E-state index is 0.0254. The van der Waals surface area contributed by atoms with Crippen LogP contribution in [0, 0.1) is 39.5 Å². The van der Waals surface area contributed by atoms with E-state index in [9.17, 15) is 18.4 Å². The number of oxime groups is 1. The molecule has 0 aromatic rings. The second-order valence-electron chi connectivity index (χ2n) is 5.21. The van der Waals surface area contributed by atoms with Crippen LogP contribution in [0.3, 0.4) is 0 Å². The number of alkyl halides is 3. The lowest BCUT2D eigenvalue weighted by atomic mass is 9.78. The molecular weight excluding hydrogens is 345 g/mol. The zero-order valence-corrected chi connectivity index (χ0v) is 14.1. The summed E-state index contributed by atoms with van der Waals surface area (Å²) < 4.78 is 36.1. The molecule has 1 fully saturated rings. The van der Waals surface area contributed by atoms with Gasteiger partial charge in [0.05, 0.1) is 18.2 Å². The first-order chi connectivity index (χ1) is 11.4. The molecule has 5 nitrogen and oxygen atoms in total. The zero-order valence-electron chi connectivity index (χ0n) is 13.3. The van der Waals surface area contributed by atoms with Crippen LogP contribution in [0.5, 0.6) is 0 Å². The van der Waals surface area contributed by atoms with Crippen LogP contribution in [0.25, 0.3) is 0 Å². The summed E-state index contributed by atoms with van der Waals surface area (Å²) in [4.78, 5) is 18.7. The van der Waals surface area contributed by atoms with E-state index in [0.717, 1.165) is 17.5 Å². The van der Waals surface area contributed by atoms with Crippen molar-refractivity contribution in [2.45, 2.75) is 49.4 Å². The van der Waals surface area contributed by atoms with Gasteiger partial charge in [0.15, 0.2) is 0 Å². The van der Waals surface area contributed by atoms with E-state index in [1.165, 1.54) is 7.11 Å². The van der Waals surface area contributed by atoms with Crippen LogP contribution in [0.4, 0.5) is 13.2 Å². The van der Waals surface area contributed by atoms with Crippen molar-refractivity contribution in [3.63, 3.8) is 0 Å². The van der Waals surface area contributed by atoms with Crippen LogP contribution in [-0.2, 0) is 4.84 Å². The molecule has 1 rings (SSSR count). The third-order valence-electron chi connectivity index (χ3n) is 3.74. The molecule has 0 N–H and O–H groups in total. The van der Waals surface area contributed by atoms with E-state index < -0.39 is 17.3 Å². The Morgan fingerprint density at radius 1 is 1.38 bits per heavy atom. The Morgan fingerprint density at radius 3 is 2.38 bits per heavy atom. The van der Waals surface area contributed by atoms with E-state index in [1.54, 1.807) is 0 Å². The molecule has 0 aliphatic heterocycles. The molecule has 134 valence electrons. The summed E-state index contributed by atoms with van der Waals surface area (Å²) in [5.74, 6) is 2.29. The molecule has 0 heterocycles. The molecule has 0 saturated heterocycles. The molecule has 1 atom stereocenters. The van der Waals surface area contributed by atoms with Gasteiger partial charge < -0.3 is 4.84 Å². The van der Waals surface area contributed by atoms with Crippen LogP contribution in [-0.4, -0.2) is 29.5 Å². The molecule has 0 aromatic heterocycles. The number of hydrogen-bond donors (Lipinski definition) is 0. The van der Waals surface area contributed by atoms with Gasteiger partial charge in [0.2, 0.25) is 0 Å². The molecular formula is C15H19F3N2O3S. The number of terminal acetylenes is 1. The molecule has 1 aliphatic carbocycles. The Labute approximate surface area is 143 Å². The smallest absolute Gasteiger partial charge is 0.389 e. The number of rotatable bonds is 6. The molecule has 0 amide bonds. The lowest BCUT2D eigenvalue weighted by Crippen LogP contribution is -2.36. The Bertz CT molecular complexity index is 490. The standard InChI is InChI=1S/C15H19F3N2OS.O2/c1-3-8-14(11-19,22-10-9-15(16,17)18)12-4-6-13(7-5-12)20-21-2;1-2/h1,12H,4-10H2,2H3;. The summed E-state index contributed by atoms with van der Waals surface area (Å²) in [6.07, 6.45) is 3.14. The van der Waals surface area contributed by atoms with E-state index in [2.05, 4.69) is 17.1 Å². The van der Waals surface area contributed by atoms with Gasteiger partial charge in [-0.25, -0.2) is 0 Å². The second kappa shape index (κ2) is 10.9. The zero-order chi connectivity index (χ0) is 18.6. The number of thioether (sulfide) groups is 1. The molecule has 0 aromatic carbocycles. The van der Waals surface area contributed by atoms with Crippen molar-refractivity contribution in [2.24, 2.45) is 11.1 Å². The average Bonchev–Trinajstić information content (AvgIpc) is 2.56. The van der Waals surface area contributed by atoms with Crippen LogP contribution < -0.4 is 0 Å². The fourth-order valence-corrected chi connectivity index (χ4v) is 4.03. The molecule has 1 aliphatic rings. The monoisotopic (exact) mass is 364 g/mol. The van der Waals surface area contributed by atoms with Crippen molar-refractivity contribution in [3.05, 3.63) is 9.93 Å². The maximum absolute atomic E-state index is 12.3. The van der Waals surface area contributed by atoms with Crippen molar-refractivity contribution >= 4 is 17.5 Å². The highest BCUT2D eigenvalue weighted by atomic mass is 32.2. The summed E-state index contributed by atoms with van der Waals surface area (Å²) in [6.45, 7) is 0. The fourth-order valence-electron chi connectivity index (χ4n) is 2.61. The molecule has 0 radical (unpaired) electrons. The van der Waals surface area contributed by atoms with Gasteiger partial charge in [-0.1, -0.05) is 5.16 Å². The number of nitrogens with zero attached hydrogens (tertiary/aromatic N) is 2. The van der Waals surface area contributed by atoms with Crippen molar-refractivity contribution in [2.75, 3.05) is 12.9 Å². The molecule has 0 spiro atoms. The predicted octanol–water partition coefficient (Wildman–Crippen LogP) is 4.22. The largest absolute Gasteiger partial charge is 0.399 e. The van der Waals surface area contributed by atoms with E-state index >= 15 is 0 Å². The van der Waals surface area contributed by atoms with Gasteiger partial charge in [-0.3, -0.25) is 0 Å². The topological polar surface area (TPSA) is 79.5 Å². The first-order valence-corrected chi connectivity index (χ1v) is 8.16. The molecule has 9 heteroatoms. The fraction of sp³-hybridized carbons (Fsp3) is 0.733. The highest BCUT2D eigenvalue weighted by Crippen LogP contribution is 2.44. The number of hydrogen-bond acceptors (Lipinski definition) is 6. The van der Waals surface area contributed by atoms with Gasteiger partial charge in [-0.2, -0.15) is 18.4 Å². The minimum Gasteiger partial charge on any atom is -0.399 e. The van der Waals surface area contributed by atoms with Gasteiger partial charge in [0, 0.05) is 22.1 Å². The van der Waals surface area contributed by atoms with Crippen molar-refractivity contribution in [3.8, 4) is 18.4 Å². The Balaban J connectivity index is 0.00000254. The summed E-state index contributed by atoms with van der Waals surface area (Å²) in [5.41, 5.74) is 0.923. The van der Waals surface area contributed by atoms with Crippen LogP contribution >= 0.6 is 11.8 Å². The Kier molecular flexibility index (Phi) is 10.1. The van der Waals surface area contributed by atoms with Crippen molar-refractivity contribution < 1.29 is 18.0 Å². The maximum Gasteiger partial charge on any atom is 0.389 e. The highest BCUT2D eigenvalue weighted by molar-refractivity contribution is 8.00. The van der Waals surface area contributed by atoms with Gasteiger partial charge in [0.1, 0.15) is 11.9 Å². The van der Waals surface area contributed by atoms with Crippen LogP contribution in [0.1, 0.15) is 38.5 Å². The Morgan fingerprint density at radius 2 is 1.96 bits per heavy atom. The highest BCUT2D eigenvalue weighted by Gasteiger charge is 2.41. The Hall–Kier alpha value is -1.74. The number of nitriles is 1. The number of halogens is 3. The third kappa shape index (κ3) is 7.22. The van der Waals surface area contributed by atoms with Crippen molar-refractivity contribution in [1.82, 2.24) is 0 Å². The maximum atomic E-state index is 12.3. The van der Waals surface area contributed by atoms with E-state index in [-0.39, 0.29) is 18.1 Å². The lowest BCUT2D eigenvalue weighted by molar-refractivity contribution is -0.129. The summed E-state index contributed by atoms with van der Waals surface area (Å²) in [7, 11) is 1.48. The molecule has 1 unspecified atom stereocenters. The van der Waals surface area contributed by atoms with Gasteiger partial charge >= 0.3 is 6.18 Å².